The van der Waals surface area contributed by atoms with Crippen molar-refractivity contribution in [3.8, 4) is 67.9 Å². The van der Waals surface area contributed by atoms with Gasteiger partial charge in [-0.15, -0.1) is 0 Å². The van der Waals surface area contributed by atoms with E-state index in [1.54, 1.807) is 0 Å². The summed E-state index contributed by atoms with van der Waals surface area (Å²) in [5.74, 6) is 1.74. The number of benzene rings is 7. The topological polar surface area (TPSA) is 61.4 Å². The van der Waals surface area contributed by atoms with Crippen LogP contribution in [0.1, 0.15) is 17.7 Å². The van der Waals surface area contributed by atoms with E-state index in [2.05, 4.69) is 149 Å². The molecule has 0 spiro atoms. The molecular formula is C56H38N6. The highest BCUT2D eigenvalue weighted by molar-refractivity contribution is 6.16. The predicted octanol–water partition coefficient (Wildman–Crippen LogP) is 13.6. The fraction of sp³-hybridized carbons (Fsp3) is 0.0357. The summed E-state index contributed by atoms with van der Waals surface area (Å²) in [4.78, 5) is 19.7. The van der Waals surface area contributed by atoms with Gasteiger partial charge < -0.3 is 9.13 Å². The quantitative estimate of drug-likeness (QED) is 0.161. The molecule has 12 rings (SSSR count). The van der Waals surface area contributed by atoms with Gasteiger partial charge in [-0.3, -0.25) is 4.98 Å². The van der Waals surface area contributed by atoms with E-state index in [1.165, 1.54) is 49.7 Å². The Morgan fingerprint density at radius 1 is 0.419 bits per heavy atom. The lowest BCUT2D eigenvalue weighted by atomic mass is 9.95. The molecule has 1 aliphatic carbocycles. The Hall–Kier alpha value is -8.22. The highest BCUT2D eigenvalue weighted by atomic mass is 15.0. The van der Waals surface area contributed by atoms with Crippen molar-refractivity contribution in [2.45, 2.75) is 12.8 Å². The molecule has 0 saturated heterocycles. The molecule has 292 valence electrons. The third-order valence-corrected chi connectivity index (χ3v) is 12.1. The Kier molecular flexibility index (Phi) is 8.52. The van der Waals surface area contributed by atoms with Crippen molar-refractivity contribution < 1.29 is 0 Å². The van der Waals surface area contributed by atoms with Gasteiger partial charge in [0.2, 0.25) is 0 Å². The predicted molar refractivity (Wildman–Crippen MR) is 253 cm³/mol. The number of fused-ring (bicyclic) bond motifs is 6. The summed E-state index contributed by atoms with van der Waals surface area (Å²) in [5.41, 5.74) is 15.7. The van der Waals surface area contributed by atoms with Crippen molar-refractivity contribution in [1.29, 1.82) is 0 Å². The van der Waals surface area contributed by atoms with Gasteiger partial charge in [0.15, 0.2) is 17.5 Å². The molecule has 0 amide bonds. The summed E-state index contributed by atoms with van der Waals surface area (Å²) in [5, 5.41) is 3.67. The minimum absolute atomic E-state index is 0.526. The van der Waals surface area contributed by atoms with E-state index in [0.29, 0.717) is 23.2 Å². The zero-order valence-corrected chi connectivity index (χ0v) is 33.7. The fourth-order valence-electron chi connectivity index (χ4n) is 9.35. The number of nitrogens with zero attached hydrogens (tertiary/aromatic N) is 6. The van der Waals surface area contributed by atoms with Crippen LogP contribution in [0, 0.1) is 0 Å². The van der Waals surface area contributed by atoms with Gasteiger partial charge in [0.25, 0.3) is 0 Å². The molecule has 6 nitrogen and oxygen atoms in total. The van der Waals surface area contributed by atoms with Gasteiger partial charge in [0.1, 0.15) is 5.69 Å². The van der Waals surface area contributed by atoms with Crippen molar-refractivity contribution in [3.63, 3.8) is 0 Å². The number of hydrogen-bond donors (Lipinski definition) is 0. The van der Waals surface area contributed by atoms with E-state index < -0.39 is 0 Å². The summed E-state index contributed by atoms with van der Waals surface area (Å²) in [6.45, 7) is 0. The Bertz CT molecular complexity index is 3440. The first-order valence-electron chi connectivity index (χ1n) is 21.1. The van der Waals surface area contributed by atoms with E-state index in [9.17, 15) is 0 Å². The molecule has 11 aromatic rings. The molecule has 0 bridgehead atoms. The molecule has 1 aliphatic rings. The zero-order valence-electron chi connectivity index (χ0n) is 33.7. The molecular weight excluding hydrogens is 757 g/mol. The van der Waals surface area contributed by atoms with Crippen LogP contribution < -0.4 is 0 Å². The van der Waals surface area contributed by atoms with Crippen LogP contribution in [0.15, 0.2) is 200 Å². The van der Waals surface area contributed by atoms with Crippen molar-refractivity contribution >= 4 is 38.8 Å². The third-order valence-electron chi connectivity index (χ3n) is 12.1. The number of para-hydroxylation sites is 2. The molecule has 7 aromatic carbocycles. The number of hydrogen-bond acceptors (Lipinski definition) is 4. The Morgan fingerprint density at radius 2 is 1.00 bits per heavy atom. The maximum absolute atomic E-state index is 4.98. The van der Waals surface area contributed by atoms with Gasteiger partial charge in [-0.1, -0.05) is 146 Å². The van der Waals surface area contributed by atoms with Crippen molar-refractivity contribution in [2.75, 3.05) is 0 Å². The second kappa shape index (κ2) is 14.8. The van der Waals surface area contributed by atoms with Gasteiger partial charge in [-0.05, 0) is 89.7 Å². The van der Waals surface area contributed by atoms with Crippen molar-refractivity contribution in [3.05, 3.63) is 212 Å². The fourth-order valence-corrected chi connectivity index (χ4v) is 9.35. The van der Waals surface area contributed by atoms with Crippen molar-refractivity contribution in [2.24, 2.45) is 0 Å². The van der Waals surface area contributed by atoms with Crippen LogP contribution in [0.3, 0.4) is 0 Å². The number of pyridine rings is 1. The van der Waals surface area contributed by atoms with E-state index in [1.807, 2.05) is 66.9 Å². The van der Waals surface area contributed by atoms with Crippen molar-refractivity contribution in [1.82, 2.24) is 29.1 Å². The second-order valence-corrected chi connectivity index (χ2v) is 15.7. The van der Waals surface area contributed by atoms with Crippen LogP contribution in [-0.2, 0) is 6.42 Å². The molecule has 0 unspecified atom stereocenters. The van der Waals surface area contributed by atoms with Gasteiger partial charge >= 0.3 is 0 Å². The largest absolute Gasteiger partial charge is 0.313 e. The first-order valence-corrected chi connectivity index (χ1v) is 21.1. The number of rotatable bonds is 7. The summed E-state index contributed by atoms with van der Waals surface area (Å²) in [6, 6.07) is 66.2. The van der Waals surface area contributed by atoms with E-state index in [0.717, 1.165) is 51.8 Å². The highest BCUT2D eigenvalue weighted by Crippen LogP contribution is 2.42. The molecule has 62 heavy (non-hydrogen) atoms. The molecule has 0 fully saturated rings. The molecule has 0 radical (unpaired) electrons. The van der Waals surface area contributed by atoms with Crippen LogP contribution in [0.4, 0.5) is 0 Å². The summed E-state index contributed by atoms with van der Waals surface area (Å²) < 4.78 is 4.85. The monoisotopic (exact) mass is 794 g/mol. The average molecular weight is 795 g/mol. The van der Waals surface area contributed by atoms with Crippen LogP contribution in [0.2, 0.25) is 0 Å². The zero-order chi connectivity index (χ0) is 41.0. The van der Waals surface area contributed by atoms with E-state index in [4.69, 9.17) is 19.9 Å². The molecule has 4 aromatic heterocycles. The molecule has 0 N–H and O–H groups in total. The van der Waals surface area contributed by atoms with Gasteiger partial charge in [-0.25, -0.2) is 15.0 Å². The molecule has 0 atom stereocenters. The number of allylic oxidation sites excluding steroid dienone is 1. The maximum Gasteiger partial charge on any atom is 0.182 e. The van der Waals surface area contributed by atoms with Crippen LogP contribution in [0.5, 0.6) is 0 Å². The summed E-state index contributed by atoms with van der Waals surface area (Å²) in [6.07, 6.45) is 8.57. The highest BCUT2D eigenvalue weighted by Gasteiger charge is 2.22. The smallest absolute Gasteiger partial charge is 0.182 e. The van der Waals surface area contributed by atoms with Gasteiger partial charge in [0.05, 0.1) is 16.6 Å². The lowest BCUT2D eigenvalue weighted by Gasteiger charge is -2.13. The second-order valence-electron chi connectivity index (χ2n) is 15.7. The molecule has 6 heteroatoms. The number of aromatic nitrogens is 6. The van der Waals surface area contributed by atoms with Crippen LogP contribution in [-0.4, -0.2) is 29.1 Å². The first-order chi connectivity index (χ1) is 30.8. The Morgan fingerprint density at radius 3 is 1.71 bits per heavy atom. The summed E-state index contributed by atoms with van der Waals surface area (Å²) in [7, 11) is 0. The Balaban J connectivity index is 0.970. The maximum atomic E-state index is 4.98. The molecule has 0 saturated carbocycles. The normalized spacial score (nSPS) is 12.3. The van der Waals surface area contributed by atoms with Crippen LogP contribution in [0.25, 0.3) is 107 Å². The Labute approximate surface area is 358 Å². The lowest BCUT2D eigenvalue weighted by molar-refractivity contribution is 0.888. The lowest BCUT2D eigenvalue weighted by Crippen LogP contribution is -2.02. The van der Waals surface area contributed by atoms with E-state index >= 15 is 0 Å². The summed E-state index contributed by atoms with van der Waals surface area (Å²) >= 11 is 0. The average Bonchev–Trinajstić information content (AvgIpc) is 3.88. The van der Waals surface area contributed by atoms with E-state index in [-0.39, 0.29) is 0 Å². The standard InChI is InChI=1S/C56H38N6/c1-4-16-38(17-5-1)54-58-55(39-18-6-2-7-19-39)60-56(59-54)47-36-40(34-35-57-47)44-25-15-29-51-53(44)46-23-11-13-27-49(46)62(51)42-32-30-37(31-33-42)43-24-14-28-50-52(43)45-22-10-12-26-48(45)61(50)41-20-8-3-9-21-41/h1-11,13-25,27-36H,12,26H2. The van der Waals surface area contributed by atoms with Gasteiger partial charge in [-0.2, -0.15) is 0 Å². The molecule has 0 aliphatic heterocycles. The minimum Gasteiger partial charge on any atom is -0.313 e. The minimum atomic E-state index is 0.526. The third kappa shape index (κ3) is 5.95. The van der Waals surface area contributed by atoms with Gasteiger partial charge in [0, 0.05) is 56.1 Å². The molecule has 4 heterocycles. The SMILES string of the molecule is C1=Cc2c(n(-c3ccccc3)c3cccc(-c4ccc(-n5c6ccccc6c6c(-c7ccnc(-c8nc(-c9ccccc9)nc(-c9ccccc9)n8)c7)cccc65)cc4)c23)CC1. The first kappa shape index (κ1) is 35.7. The van der Waals surface area contributed by atoms with Crippen LogP contribution >= 0.6 is 0 Å².